The molecule has 2 aromatic carbocycles. The zero-order chi connectivity index (χ0) is 24.8. The van der Waals surface area contributed by atoms with Crippen LogP contribution in [0.15, 0.2) is 54.6 Å². The molecule has 0 aromatic heterocycles. The number of quaternary nitrogens is 1. The third kappa shape index (κ3) is 6.26. The lowest BCUT2D eigenvalue weighted by atomic mass is 10.0. The number of carbonyl (C=O) groups is 3. The third-order valence-electron chi connectivity index (χ3n) is 6.96. The lowest BCUT2D eigenvalue weighted by Gasteiger charge is -2.37. The van der Waals surface area contributed by atoms with E-state index in [1.165, 1.54) is 0 Å². The summed E-state index contributed by atoms with van der Waals surface area (Å²) in [7, 11) is 0. The summed E-state index contributed by atoms with van der Waals surface area (Å²) in [6, 6.07) is 16.5. The van der Waals surface area contributed by atoms with Crippen LogP contribution in [0.5, 0.6) is 5.75 Å². The van der Waals surface area contributed by atoms with Gasteiger partial charge in [0.15, 0.2) is 12.6 Å². The van der Waals surface area contributed by atoms with Crippen LogP contribution >= 0.6 is 0 Å². The fourth-order valence-corrected chi connectivity index (χ4v) is 5.05. The van der Waals surface area contributed by atoms with Crippen molar-refractivity contribution >= 4 is 17.7 Å². The highest BCUT2D eigenvalue weighted by Gasteiger charge is 2.51. The van der Waals surface area contributed by atoms with E-state index in [9.17, 15) is 14.4 Å². The number of carbonyl (C=O) groups excluding carboxylic acids is 3. The summed E-state index contributed by atoms with van der Waals surface area (Å²) < 4.78 is 5.78. The van der Waals surface area contributed by atoms with Gasteiger partial charge in [-0.3, -0.25) is 9.59 Å². The van der Waals surface area contributed by atoms with Gasteiger partial charge in [-0.25, -0.2) is 9.28 Å². The zero-order valence-electron chi connectivity index (χ0n) is 20.0. The SMILES string of the molecule is NC(=O)[C@@H]1CCC[N+]1(Cc1ccccc1OCC(=O)NC1CC1)C(=O)C[C@H](N)Cc1ccccc1. The van der Waals surface area contributed by atoms with Crippen LogP contribution in [0.4, 0.5) is 0 Å². The van der Waals surface area contributed by atoms with E-state index >= 15 is 0 Å². The van der Waals surface area contributed by atoms with Crippen molar-refractivity contribution in [3.63, 3.8) is 0 Å². The summed E-state index contributed by atoms with van der Waals surface area (Å²) in [6.45, 7) is 0.689. The smallest absolute Gasteiger partial charge is 0.316 e. The summed E-state index contributed by atoms with van der Waals surface area (Å²) in [6.07, 6.45) is 4.01. The van der Waals surface area contributed by atoms with Crippen LogP contribution in [0, 0.1) is 0 Å². The third-order valence-corrected chi connectivity index (χ3v) is 6.96. The molecule has 0 bridgehead atoms. The number of primary amides is 1. The highest BCUT2D eigenvalue weighted by atomic mass is 16.5. The second-order valence-electron chi connectivity index (χ2n) is 9.76. The lowest BCUT2D eigenvalue weighted by Crippen LogP contribution is -2.60. The molecule has 0 spiro atoms. The quantitative estimate of drug-likeness (QED) is 0.424. The Bertz CT molecular complexity index is 1060. The first kappa shape index (κ1) is 24.9. The molecule has 1 saturated heterocycles. The maximum atomic E-state index is 13.8. The second kappa shape index (κ2) is 11.0. The van der Waals surface area contributed by atoms with Gasteiger partial charge in [0.1, 0.15) is 12.3 Å². The molecule has 8 nitrogen and oxygen atoms in total. The van der Waals surface area contributed by atoms with Crippen molar-refractivity contribution in [2.24, 2.45) is 11.5 Å². The van der Waals surface area contributed by atoms with Gasteiger partial charge in [0, 0.05) is 30.5 Å². The number of benzene rings is 2. The molecule has 4 rings (SSSR count). The van der Waals surface area contributed by atoms with Crippen LogP contribution < -0.4 is 21.5 Å². The topological polar surface area (TPSA) is 125 Å². The number of ether oxygens (including phenoxy) is 1. The number of nitrogens with two attached hydrogens (primary N) is 2. The Labute approximate surface area is 206 Å². The fourth-order valence-electron chi connectivity index (χ4n) is 5.05. The number of hydrogen-bond acceptors (Lipinski definition) is 5. The average molecular weight is 480 g/mol. The van der Waals surface area contributed by atoms with Gasteiger partial charge in [0.25, 0.3) is 11.8 Å². The highest BCUT2D eigenvalue weighted by molar-refractivity contribution is 5.82. The maximum absolute atomic E-state index is 13.8. The Hall–Kier alpha value is -3.23. The van der Waals surface area contributed by atoms with Gasteiger partial charge in [-0.2, -0.15) is 0 Å². The van der Waals surface area contributed by atoms with Crippen LogP contribution in [0.25, 0.3) is 0 Å². The first-order valence-corrected chi connectivity index (χ1v) is 12.4. The molecule has 1 heterocycles. The first-order chi connectivity index (χ1) is 16.9. The Balaban J connectivity index is 1.51. The Morgan fingerprint density at radius 1 is 1.03 bits per heavy atom. The molecule has 3 atom stereocenters. The van der Waals surface area contributed by atoms with E-state index < -0.39 is 11.9 Å². The van der Waals surface area contributed by atoms with E-state index in [0.29, 0.717) is 25.1 Å². The van der Waals surface area contributed by atoms with Gasteiger partial charge in [0.05, 0.1) is 13.0 Å². The number of likely N-dealkylation sites (tertiary alicyclic amines) is 1. The lowest BCUT2D eigenvalue weighted by molar-refractivity contribution is -0.871. The summed E-state index contributed by atoms with van der Waals surface area (Å²) in [5, 5.41) is 2.91. The van der Waals surface area contributed by atoms with Crippen molar-refractivity contribution < 1.29 is 23.6 Å². The fraction of sp³-hybridized carbons (Fsp3) is 0.444. The number of rotatable bonds is 11. The van der Waals surface area contributed by atoms with E-state index in [-0.39, 0.29) is 48.0 Å². The molecule has 186 valence electrons. The number of amides is 3. The van der Waals surface area contributed by atoms with Crippen molar-refractivity contribution in [1.29, 1.82) is 0 Å². The van der Waals surface area contributed by atoms with Crippen LogP contribution in [-0.4, -0.2) is 53.5 Å². The van der Waals surface area contributed by atoms with Crippen molar-refractivity contribution in [2.45, 2.75) is 63.2 Å². The minimum absolute atomic E-state index is 0.0630. The predicted molar refractivity (Wildman–Crippen MR) is 132 cm³/mol. The Kier molecular flexibility index (Phi) is 7.83. The molecular weight excluding hydrogens is 444 g/mol. The van der Waals surface area contributed by atoms with Crippen molar-refractivity contribution in [1.82, 2.24) is 5.32 Å². The molecule has 1 aliphatic heterocycles. The molecule has 3 amide bonds. The van der Waals surface area contributed by atoms with Crippen molar-refractivity contribution in [3.8, 4) is 5.75 Å². The second-order valence-corrected chi connectivity index (χ2v) is 9.76. The molecule has 35 heavy (non-hydrogen) atoms. The van der Waals surface area contributed by atoms with E-state index in [4.69, 9.17) is 16.2 Å². The monoisotopic (exact) mass is 479 g/mol. The van der Waals surface area contributed by atoms with Gasteiger partial charge in [-0.15, -0.1) is 0 Å². The van der Waals surface area contributed by atoms with E-state index in [1.807, 2.05) is 48.5 Å². The van der Waals surface area contributed by atoms with Gasteiger partial charge < -0.3 is 21.5 Å². The van der Waals surface area contributed by atoms with E-state index in [0.717, 1.165) is 30.4 Å². The van der Waals surface area contributed by atoms with E-state index in [1.54, 1.807) is 6.07 Å². The molecule has 1 saturated carbocycles. The minimum Gasteiger partial charge on any atom is -0.483 e. The summed E-state index contributed by atoms with van der Waals surface area (Å²) in [5.74, 6) is -0.191. The normalized spacial score (nSPS) is 22.4. The molecule has 2 fully saturated rings. The molecule has 0 radical (unpaired) electrons. The molecule has 2 aromatic rings. The number of nitrogens with one attached hydrogen (secondary N) is 1. The molecule has 1 aliphatic carbocycles. The molecule has 5 N–H and O–H groups in total. The van der Waals surface area contributed by atoms with E-state index in [2.05, 4.69) is 5.32 Å². The predicted octanol–water partition coefficient (Wildman–Crippen LogP) is 1.80. The standard InChI is InChI=1S/C27H34N4O4/c28-21(15-19-7-2-1-3-8-19)16-26(33)31(14-6-10-23(31)27(29)34)17-20-9-4-5-11-24(20)35-18-25(32)30-22-12-13-22/h1-5,7-9,11,21-23H,6,10,12-18,28H2,(H2-,29,30,32,34)/p+1/t21-,23+,31?/m1/s1. The number of hydrogen-bond donors (Lipinski definition) is 3. The number of nitrogens with zero attached hydrogens (tertiary/aromatic N) is 1. The van der Waals surface area contributed by atoms with Gasteiger partial charge in [-0.1, -0.05) is 42.5 Å². The molecule has 8 heteroatoms. The van der Waals surface area contributed by atoms with Gasteiger partial charge in [0.2, 0.25) is 0 Å². The Morgan fingerprint density at radius 3 is 2.46 bits per heavy atom. The summed E-state index contributed by atoms with van der Waals surface area (Å²) in [4.78, 5) is 38.3. The van der Waals surface area contributed by atoms with Gasteiger partial charge >= 0.3 is 5.91 Å². The van der Waals surface area contributed by atoms with Crippen molar-refractivity contribution in [2.75, 3.05) is 13.2 Å². The molecule has 2 aliphatic rings. The average Bonchev–Trinajstić information content (AvgIpc) is 3.54. The molecule has 1 unspecified atom stereocenters. The first-order valence-electron chi connectivity index (χ1n) is 12.4. The maximum Gasteiger partial charge on any atom is 0.316 e. The van der Waals surface area contributed by atoms with Gasteiger partial charge in [-0.05, 0) is 37.0 Å². The van der Waals surface area contributed by atoms with Crippen LogP contribution in [0.3, 0.4) is 0 Å². The van der Waals surface area contributed by atoms with Crippen LogP contribution in [-0.2, 0) is 27.3 Å². The number of para-hydroxylation sites is 1. The molecular formula is C27H35N4O4+. The highest BCUT2D eigenvalue weighted by Crippen LogP contribution is 2.34. The van der Waals surface area contributed by atoms with Crippen molar-refractivity contribution in [3.05, 3.63) is 65.7 Å². The zero-order valence-corrected chi connectivity index (χ0v) is 20.0. The largest absolute Gasteiger partial charge is 0.483 e. The Morgan fingerprint density at radius 2 is 1.74 bits per heavy atom. The summed E-state index contributed by atoms with van der Waals surface area (Å²) >= 11 is 0. The minimum atomic E-state index is -0.613. The van der Waals surface area contributed by atoms with Crippen LogP contribution in [0.1, 0.15) is 43.2 Å². The van der Waals surface area contributed by atoms with Crippen LogP contribution in [0.2, 0.25) is 0 Å². The summed E-state index contributed by atoms with van der Waals surface area (Å²) in [5.41, 5.74) is 14.0.